The molecular formula is C34H32O9S. The van der Waals surface area contributed by atoms with E-state index in [1.807, 2.05) is 6.07 Å². The molecule has 0 aliphatic heterocycles. The predicted molar refractivity (Wildman–Crippen MR) is 165 cm³/mol. The molecule has 4 rings (SSSR count). The molecule has 4 aromatic rings. The Morgan fingerprint density at radius 1 is 0.705 bits per heavy atom. The SMILES string of the molecule is C=C(C)C(=O)OC(COc1cc(S(=O)(=O)O)c(OCC(OC(=O)C(=C)C)c2ccccc2)c2ccccc12)c1ccccc1. The van der Waals surface area contributed by atoms with Crippen molar-refractivity contribution in [3.8, 4) is 11.5 Å². The van der Waals surface area contributed by atoms with Crippen molar-refractivity contribution in [1.29, 1.82) is 0 Å². The highest BCUT2D eigenvalue weighted by Crippen LogP contribution is 2.40. The van der Waals surface area contributed by atoms with E-state index in [-0.39, 0.29) is 35.9 Å². The fourth-order valence-corrected chi connectivity index (χ4v) is 4.93. The highest BCUT2D eigenvalue weighted by Gasteiger charge is 2.26. The van der Waals surface area contributed by atoms with Crippen LogP contribution in [0, 0.1) is 0 Å². The second-order valence-corrected chi connectivity index (χ2v) is 11.4. The first-order valence-corrected chi connectivity index (χ1v) is 15.0. The maximum atomic E-state index is 12.7. The molecule has 9 nitrogen and oxygen atoms in total. The highest BCUT2D eigenvalue weighted by atomic mass is 32.2. The maximum absolute atomic E-state index is 12.7. The minimum absolute atomic E-state index is 0.0983. The van der Waals surface area contributed by atoms with Crippen LogP contribution < -0.4 is 9.47 Å². The molecule has 0 heterocycles. The van der Waals surface area contributed by atoms with E-state index in [2.05, 4.69) is 13.2 Å². The molecule has 2 atom stereocenters. The summed E-state index contributed by atoms with van der Waals surface area (Å²) in [6.45, 7) is 9.83. The van der Waals surface area contributed by atoms with E-state index >= 15 is 0 Å². The van der Waals surface area contributed by atoms with Crippen molar-refractivity contribution in [1.82, 2.24) is 0 Å². The molecule has 0 bridgehead atoms. The molecule has 0 aromatic heterocycles. The van der Waals surface area contributed by atoms with Gasteiger partial charge in [-0.1, -0.05) is 98.1 Å². The zero-order chi connectivity index (χ0) is 31.9. The summed E-state index contributed by atoms with van der Waals surface area (Å²) in [7, 11) is -4.84. The van der Waals surface area contributed by atoms with Crippen LogP contribution in [0.4, 0.5) is 0 Å². The van der Waals surface area contributed by atoms with Gasteiger partial charge < -0.3 is 18.9 Å². The predicted octanol–water partition coefficient (Wildman–Crippen LogP) is 6.57. The van der Waals surface area contributed by atoms with Crippen molar-refractivity contribution in [3.63, 3.8) is 0 Å². The Morgan fingerprint density at radius 2 is 1.14 bits per heavy atom. The third-order valence-corrected chi connectivity index (χ3v) is 7.37. The number of hydrogen-bond donors (Lipinski definition) is 1. The van der Waals surface area contributed by atoms with Gasteiger partial charge in [-0.2, -0.15) is 8.42 Å². The third kappa shape index (κ3) is 7.91. The number of esters is 2. The number of fused-ring (bicyclic) bond motifs is 1. The van der Waals surface area contributed by atoms with Gasteiger partial charge in [-0.3, -0.25) is 4.55 Å². The van der Waals surface area contributed by atoms with Gasteiger partial charge in [0.15, 0.2) is 12.2 Å². The van der Waals surface area contributed by atoms with Crippen molar-refractivity contribution >= 4 is 32.8 Å². The van der Waals surface area contributed by atoms with Crippen molar-refractivity contribution < 1.29 is 41.5 Å². The number of carbonyl (C=O) groups is 2. The smallest absolute Gasteiger partial charge is 0.333 e. The van der Waals surface area contributed by atoms with Crippen LogP contribution in [0.5, 0.6) is 11.5 Å². The van der Waals surface area contributed by atoms with Gasteiger partial charge in [0.05, 0.1) is 0 Å². The Kier molecular flexibility index (Phi) is 10.2. The molecule has 2 unspecified atom stereocenters. The first-order valence-electron chi connectivity index (χ1n) is 13.6. The minimum Gasteiger partial charge on any atom is -0.489 e. The maximum Gasteiger partial charge on any atom is 0.333 e. The van der Waals surface area contributed by atoms with Crippen LogP contribution >= 0.6 is 0 Å². The summed E-state index contributed by atoms with van der Waals surface area (Å²) in [5, 5.41) is 0.772. The Balaban J connectivity index is 1.72. The fourth-order valence-electron chi connectivity index (χ4n) is 4.27. The van der Waals surface area contributed by atoms with Gasteiger partial charge in [0.1, 0.15) is 29.6 Å². The first-order chi connectivity index (χ1) is 21.0. The fraction of sp³-hybridized carbons (Fsp3) is 0.176. The first kappa shape index (κ1) is 32.0. The lowest BCUT2D eigenvalue weighted by Crippen LogP contribution is -2.20. The number of carbonyl (C=O) groups excluding carboxylic acids is 2. The normalized spacial score (nSPS) is 12.5. The molecule has 4 aromatic carbocycles. The summed E-state index contributed by atoms with van der Waals surface area (Å²) in [6, 6.07) is 25.6. The Morgan fingerprint density at radius 3 is 1.59 bits per heavy atom. The van der Waals surface area contributed by atoms with Gasteiger partial charge in [-0.25, -0.2) is 9.59 Å². The summed E-state index contributed by atoms with van der Waals surface area (Å²) in [5.41, 5.74) is 1.64. The highest BCUT2D eigenvalue weighted by molar-refractivity contribution is 7.86. The van der Waals surface area contributed by atoms with Crippen molar-refractivity contribution in [2.45, 2.75) is 31.0 Å². The van der Waals surface area contributed by atoms with Gasteiger partial charge in [0.25, 0.3) is 10.1 Å². The van der Waals surface area contributed by atoms with Gasteiger partial charge in [-0.05, 0) is 25.0 Å². The van der Waals surface area contributed by atoms with E-state index in [0.29, 0.717) is 21.9 Å². The topological polar surface area (TPSA) is 125 Å². The van der Waals surface area contributed by atoms with E-state index in [0.717, 1.165) is 6.07 Å². The Bertz CT molecular complexity index is 1780. The second-order valence-electron chi connectivity index (χ2n) is 10.0. The average molecular weight is 617 g/mol. The number of ether oxygens (including phenoxy) is 4. The summed E-state index contributed by atoms with van der Waals surface area (Å²) in [6.07, 6.45) is -1.77. The Labute approximate surface area is 256 Å². The van der Waals surface area contributed by atoms with Crippen LogP contribution in [0.2, 0.25) is 0 Å². The molecule has 0 saturated carbocycles. The molecule has 0 saturated heterocycles. The van der Waals surface area contributed by atoms with Crippen LogP contribution in [0.1, 0.15) is 37.2 Å². The molecule has 10 heteroatoms. The molecule has 44 heavy (non-hydrogen) atoms. The largest absolute Gasteiger partial charge is 0.489 e. The quantitative estimate of drug-likeness (QED) is 0.101. The zero-order valence-electron chi connectivity index (χ0n) is 24.3. The van der Waals surface area contributed by atoms with Crippen LogP contribution in [-0.4, -0.2) is 38.1 Å². The Hall–Kier alpha value is -4.93. The monoisotopic (exact) mass is 616 g/mol. The summed E-state index contributed by atoms with van der Waals surface area (Å²) in [4.78, 5) is 24.2. The van der Waals surface area contributed by atoms with E-state index in [1.54, 1.807) is 78.9 Å². The third-order valence-electron chi connectivity index (χ3n) is 6.51. The lowest BCUT2D eigenvalue weighted by atomic mass is 10.1. The summed E-state index contributed by atoms with van der Waals surface area (Å²) >= 11 is 0. The average Bonchev–Trinajstić information content (AvgIpc) is 3.01. The van der Waals surface area contributed by atoms with E-state index in [4.69, 9.17) is 18.9 Å². The van der Waals surface area contributed by atoms with Gasteiger partial charge in [-0.15, -0.1) is 0 Å². The van der Waals surface area contributed by atoms with E-state index in [9.17, 15) is 22.6 Å². The molecule has 0 radical (unpaired) electrons. The minimum atomic E-state index is -4.84. The van der Waals surface area contributed by atoms with Crippen molar-refractivity contribution in [2.75, 3.05) is 13.2 Å². The molecule has 0 aliphatic carbocycles. The molecule has 0 amide bonds. The molecular weight excluding hydrogens is 584 g/mol. The molecule has 0 spiro atoms. The molecule has 1 N–H and O–H groups in total. The molecule has 0 aliphatic rings. The zero-order valence-corrected chi connectivity index (χ0v) is 25.1. The van der Waals surface area contributed by atoms with Gasteiger partial charge >= 0.3 is 11.9 Å². The summed E-state index contributed by atoms with van der Waals surface area (Å²) in [5.74, 6) is -1.32. The number of rotatable bonds is 13. The standard InChI is InChI=1S/C34H32O9S/c1-22(2)33(35)42-29(24-13-7-5-8-14-24)20-40-28-19-31(44(37,38)39)32(27-18-12-11-17-26(27)28)41-21-30(43-34(36)23(3)4)25-15-9-6-10-16-25/h5-19,29-30H,1,3,20-21H2,2,4H3,(H,37,38,39). The van der Waals surface area contributed by atoms with Crippen molar-refractivity contribution in [3.05, 3.63) is 126 Å². The van der Waals surface area contributed by atoms with E-state index < -0.39 is 39.2 Å². The second kappa shape index (κ2) is 14.0. The van der Waals surface area contributed by atoms with Crippen LogP contribution in [0.3, 0.4) is 0 Å². The van der Waals surface area contributed by atoms with Crippen LogP contribution in [0.25, 0.3) is 10.8 Å². The van der Waals surface area contributed by atoms with Crippen LogP contribution in [0.15, 0.2) is 120 Å². The van der Waals surface area contributed by atoms with Gasteiger partial charge in [0.2, 0.25) is 0 Å². The van der Waals surface area contributed by atoms with E-state index in [1.165, 1.54) is 13.8 Å². The van der Waals surface area contributed by atoms with Crippen molar-refractivity contribution in [2.24, 2.45) is 0 Å². The van der Waals surface area contributed by atoms with Gasteiger partial charge in [0, 0.05) is 28.0 Å². The molecule has 0 fully saturated rings. The number of benzene rings is 4. The lowest BCUT2D eigenvalue weighted by Gasteiger charge is -2.22. The van der Waals surface area contributed by atoms with Crippen LogP contribution in [-0.2, 0) is 29.2 Å². The molecule has 228 valence electrons. The summed E-state index contributed by atoms with van der Waals surface area (Å²) < 4.78 is 58.8. The number of hydrogen-bond acceptors (Lipinski definition) is 8. The lowest BCUT2D eigenvalue weighted by molar-refractivity contribution is -0.147.